The van der Waals surface area contributed by atoms with Gasteiger partial charge >= 0.3 is 0 Å². The van der Waals surface area contributed by atoms with E-state index in [1.165, 1.54) is 0 Å². The van der Waals surface area contributed by atoms with E-state index in [1.807, 2.05) is 24.0 Å². The summed E-state index contributed by atoms with van der Waals surface area (Å²) in [4.78, 5) is 18.2. The molecule has 9 nitrogen and oxygen atoms in total. The lowest BCUT2D eigenvalue weighted by Crippen LogP contribution is -2.43. The zero-order chi connectivity index (χ0) is 23.2. The molecule has 3 aromatic rings. The predicted octanol–water partition coefficient (Wildman–Crippen LogP) is 2.99. The van der Waals surface area contributed by atoms with E-state index in [2.05, 4.69) is 33.7 Å². The highest BCUT2D eigenvalue weighted by Crippen LogP contribution is 2.34. The molecular formula is C23H27ClN6O3. The molecule has 10 heteroatoms. The van der Waals surface area contributed by atoms with Crippen molar-refractivity contribution in [2.45, 2.75) is 39.8 Å². The van der Waals surface area contributed by atoms with E-state index in [0.717, 1.165) is 55.2 Å². The lowest BCUT2D eigenvalue weighted by Gasteiger charge is -2.38. The molecule has 1 atom stereocenters. The standard InChI is InChI=1S/C23H27ClN6O3/c1-14-20(15(2)30(28-14)11-23(3)12-32-13-23)16-4-6-25-19(8-16)33-17-5-7-29(10-17)18-9-26-27-22(31)21(18)24/h4,6,8-9,17H,5,7,10-13H2,1-3H3,(H,27,31)/t17-/m1/s1. The van der Waals surface area contributed by atoms with Crippen molar-refractivity contribution >= 4 is 17.3 Å². The number of nitrogens with zero attached hydrogens (tertiary/aromatic N) is 5. The van der Waals surface area contributed by atoms with Gasteiger partial charge in [-0.05, 0) is 25.5 Å². The van der Waals surface area contributed by atoms with Crippen LogP contribution < -0.4 is 15.2 Å². The number of ether oxygens (including phenoxy) is 2. The number of aryl methyl sites for hydroxylation is 1. The number of hydrogen-bond donors (Lipinski definition) is 1. The van der Waals surface area contributed by atoms with Crippen molar-refractivity contribution in [3.63, 3.8) is 0 Å². The van der Waals surface area contributed by atoms with Gasteiger partial charge in [-0.15, -0.1) is 0 Å². The minimum Gasteiger partial charge on any atom is -0.472 e. The van der Waals surface area contributed by atoms with Gasteiger partial charge in [0.15, 0.2) is 0 Å². The van der Waals surface area contributed by atoms with Crippen molar-refractivity contribution in [2.24, 2.45) is 5.41 Å². The molecule has 2 fully saturated rings. The lowest BCUT2D eigenvalue weighted by atomic mass is 9.89. The number of anilines is 1. The first-order chi connectivity index (χ1) is 15.8. The Hall–Kier alpha value is -2.91. The molecule has 0 aliphatic carbocycles. The normalized spacial score (nSPS) is 19.5. The minimum atomic E-state index is -0.391. The number of hydrogen-bond acceptors (Lipinski definition) is 7. The van der Waals surface area contributed by atoms with E-state index in [0.29, 0.717) is 18.1 Å². The fourth-order valence-electron chi connectivity index (χ4n) is 4.61. The first-order valence-electron chi connectivity index (χ1n) is 11.1. The molecule has 0 bridgehead atoms. The van der Waals surface area contributed by atoms with Gasteiger partial charge in [-0.1, -0.05) is 18.5 Å². The Morgan fingerprint density at radius 2 is 2.18 bits per heavy atom. The van der Waals surface area contributed by atoms with Crippen LogP contribution in [0.1, 0.15) is 24.7 Å². The Bertz CT molecular complexity index is 1240. The summed E-state index contributed by atoms with van der Waals surface area (Å²) in [5.74, 6) is 0.570. The molecule has 2 aliphatic heterocycles. The highest BCUT2D eigenvalue weighted by molar-refractivity contribution is 6.33. The number of aromatic amines is 1. The molecule has 0 saturated carbocycles. The zero-order valence-electron chi connectivity index (χ0n) is 19.0. The number of H-pyrrole nitrogens is 1. The molecule has 2 saturated heterocycles. The maximum Gasteiger partial charge on any atom is 0.285 e. The van der Waals surface area contributed by atoms with Crippen LogP contribution in [0.15, 0.2) is 29.3 Å². The summed E-state index contributed by atoms with van der Waals surface area (Å²) in [5, 5.41) is 11.2. The molecule has 1 N–H and O–H groups in total. The Morgan fingerprint density at radius 3 is 2.94 bits per heavy atom. The molecule has 0 unspecified atom stereocenters. The van der Waals surface area contributed by atoms with Gasteiger partial charge in [0.25, 0.3) is 5.56 Å². The van der Waals surface area contributed by atoms with Gasteiger partial charge in [0.2, 0.25) is 5.88 Å². The van der Waals surface area contributed by atoms with Gasteiger partial charge in [0, 0.05) is 41.9 Å². The highest BCUT2D eigenvalue weighted by atomic mass is 35.5. The molecule has 3 aromatic heterocycles. The van der Waals surface area contributed by atoms with Crippen LogP contribution in [0, 0.1) is 19.3 Å². The Kier molecular flexibility index (Phi) is 5.62. The summed E-state index contributed by atoms with van der Waals surface area (Å²) in [6.45, 7) is 10.1. The average molecular weight is 471 g/mol. The lowest BCUT2D eigenvalue weighted by molar-refractivity contribution is -0.111. The molecule has 174 valence electrons. The third-order valence-electron chi connectivity index (χ3n) is 6.39. The van der Waals surface area contributed by atoms with Gasteiger partial charge < -0.3 is 14.4 Å². The Labute approximate surface area is 196 Å². The van der Waals surface area contributed by atoms with Crippen LogP contribution in [0.25, 0.3) is 11.1 Å². The van der Waals surface area contributed by atoms with Crippen LogP contribution in [0.3, 0.4) is 0 Å². The van der Waals surface area contributed by atoms with E-state index in [1.54, 1.807) is 12.4 Å². The smallest absolute Gasteiger partial charge is 0.285 e. The number of aromatic nitrogens is 5. The minimum absolute atomic E-state index is 0.0633. The monoisotopic (exact) mass is 470 g/mol. The number of nitrogens with one attached hydrogen (secondary N) is 1. The zero-order valence-corrected chi connectivity index (χ0v) is 19.7. The van der Waals surface area contributed by atoms with E-state index in [-0.39, 0.29) is 16.5 Å². The van der Waals surface area contributed by atoms with Crippen molar-refractivity contribution in [1.29, 1.82) is 0 Å². The second-order valence-electron chi connectivity index (χ2n) is 9.26. The molecule has 5 rings (SSSR count). The van der Waals surface area contributed by atoms with Crippen molar-refractivity contribution in [3.05, 3.63) is 51.3 Å². The number of pyridine rings is 1. The molecule has 0 radical (unpaired) electrons. The molecule has 0 amide bonds. The van der Waals surface area contributed by atoms with E-state index in [9.17, 15) is 4.79 Å². The van der Waals surface area contributed by atoms with Crippen LogP contribution in [0.2, 0.25) is 5.02 Å². The van der Waals surface area contributed by atoms with Crippen molar-refractivity contribution in [3.8, 4) is 17.0 Å². The van der Waals surface area contributed by atoms with Gasteiger partial charge in [-0.25, -0.2) is 10.1 Å². The summed E-state index contributed by atoms with van der Waals surface area (Å²) < 4.78 is 13.7. The fourth-order valence-corrected chi connectivity index (χ4v) is 4.82. The summed E-state index contributed by atoms with van der Waals surface area (Å²) in [7, 11) is 0. The van der Waals surface area contributed by atoms with E-state index >= 15 is 0 Å². The number of halogens is 1. The second-order valence-corrected chi connectivity index (χ2v) is 9.64. The Morgan fingerprint density at radius 1 is 1.36 bits per heavy atom. The summed E-state index contributed by atoms with van der Waals surface area (Å²) in [6, 6.07) is 3.96. The topological polar surface area (TPSA) is 98.2 Å². The fraction of sp³-hybridized carbons (Fsp3) is 0.478. The van der Waals surface area contributed by atoms with Crippen molar-refractivity contribution in [2.75, 3.05) is 31.2 Å². The quantitative estimate of drug-likeness (QED) is 0.591. The van der Waals surface area contributed by atoms with E-state index in [4.69, 9.17) is 26.2 Å². The third kappa shape index (κ3) is 4.22. The maximum absolute atomic E-state index is 11.8. The largest absolute Gasteiger partial charge is 0.472 e. The van der Waals surface area contributed by atoms with Crippen molar-refractivity contribution < 1.29 is 9.47 Å². The first-order valence-corrected chi connectivity index (χ1v) is 11.4. The Balaban J connectivity index is 1.32. The van der Waals surface area contributed by atoms with Gasteiger partial charge in [0.05, 0.1) is 43.9 Å². The molecule has 2 aliphatic rings. The third-order valence-corrected chi connectivity index (χ3v) is 6.75. The van der Waals surface area contributed by atoms with Crippen molar-refractivity contribution in [1.82, 2.24) is 25.0 Å². The van der Waals surface area contributed by atoms with Gasteiger partial charge in [-0.3, -0.25) is 9.48 Å². The second kappa shape index (κ2) is 8.46. The number of rotatable bonds is 6. The summed E-state index contributed by atoms with van der Waals surface area (Å²) in [5.41, 5.74) is 4.63. The summed E-state index contributed by atoms with van der Waals surface area (Å²) in [6.07, 6.45) is 4.08. The molecule has 33 heavy (non-hydrogen) atoms. The van der Waals surface area contributed by atoms with Crippen LogP contribution in [-0.4, -0.2) is 57.4 Å². The van der Waals surface area contributed by atoms with Crippen LogP contribution in [0.4, 0.5) is 5.69 Å². The molecule has 0 aromatic carbocycles. The van der Waals surface area contributed by atoms with Crippen LogP contribution in [0.5, 0.6) is 5.88 Å². The molecule has 0 spiro atoms. The summed E-state index contributed by atoms with van der Waals surface area (Å²) >= 11 is 6.16. The SMILES string of the molecule is Cc1nn(CC2(C)COC2)c(C)c1-c1ccnc(O[C@@H]2CCN(c3cn[nH]c(=O)c3Cl)C2)c1. The predicted molar refractivity (Wildman–Crippen MR) is 125 cm³/mol. The van der Waals surface area contributed by atoms with Crippen LogP contribution in [-0.2, 0) is 11.3 Å². The molecule has 5 heterocycles. The average Bonchev–Trinajstić information content (AvgIpc) is 3.33. The van der Waals surface area contributed by atoms with Crippen LogP contribution >= 0.6 is 11.6 Å². The highest BCUT2D eigenvalue weighted by Gasteiger charge is 2.35. The van der Waals surface area contributed by atoms with E-state index < -0.39 is 5.56 Å². The first kappa shape index (κ1) is 21.9. The van der Waals surface area contributed by atoms with Gasteiger partial charge in [-0.2, -0.15) is 10.2 Å². The van der Waals surface area contributed by atoms with Gasteiger partial charge in [0.1, 0.15) is 11.1 Å². The molecular weight excluding hydrogens is 444 g/mol. The maximum atomic E-state index is 11.8.